The predicted octanol–water partition coefficient (Wildman–Crippen LogP) is 4.15. The quantitative estimate of drug-likeness (QED) is 0.523. The van der Waals surface area contributed by atoms with E-state index in [1.54, 1.807) is 37.6 Å². The molecule has 0 unspecified atom stereocenters. The Morgan fingerprint density at radius 2 is 1.88 bits per heavy atom. The lowest BCUT2D eigenvalue weighted by atomic mass is 10.1. The Morgan fingerprint density at radius 3 is 2.67 bits per heavy atom. The summed E-state index contributed by atoms with van der Waals surface area (Å²) in [4.78, 5) is 16.9. The van der Waals surface area contributed by atoms with Crippen LogP contribution in [0.1, 0.15) is 15.9 Å². The van der Waals surface area contributed by atoms with Crippen molar-refractivity contribution in [1.29, 1.82) is 0 Å². The van der Waals surface area contributed by atoms with E-state index in [1.807, 2.05) is 30.3 Å². The van der Waals surface area contributed by atoms with E-state index in [2.05, 4.69) is 4.98 Å². The molecule has 0 saturated heterocycles. The number of ketones is 1. The molecule has 0 N–H and O–H groups in total. The number of para-hydroxylation sites is 1. The molecule has 0 spiro atoms. The predicted molar refractivity (Wildman–Crippen MR) is 94.7 cm³/mol. The zero-order valence-electron chi connectivity index (χ0n) is 13.5. The number of hydrogen-bond acceptors (Lipinski definition) is 4. The summed E-state index contributed by atoms with van der Waals surface area (Å²) in [7, 11) is 3.10. The van der Waals surface area contributed by atoms with Crippen LogP contribution in [-0.2, 0) is 0 Å². The smallest absolute Gasteiger partial charge is 0.189 e. The highest BCUT2D eigenvalue weighted by Gasteiger charge is 2.11. The zero-order chi connectivity index (χ0) is 16.9. The molecule has 0 aliphatic carbocycles. The summed E-state index contributed by atoms with van der Waals surface area (Å²) in [5.41, 5.74) is 2.25. The number of benzene rings is 2. The minimum absolute atomic E-state index is 0.154. The number of rotatable bonds is 5. The molecule has 0 aliphatic heterocycles. The Balaban J connectivity index is 1.89. The van der Waals surface area contributed by atoms with Crippen LogP contribution in [0, 0.1) is 0 Å². The van der Waals surface area contributed by atoms with Gasteiger partial charge in [-0.15, -0.1) is 0 Å². The van der Waals surface area contributed by atoms with Crippen molar-refractivity contribution < 1.29 is 14.3 Å². The molecule has 1 heterocycles. The van der Waals surface area contributed by atoms with Crippen LogP contribution < -0.4 is 9.47 Å². The van der Waals surface area contributed by atoms with E-state index in [9.17, 15) is 4.79 Å². The van der Waals surface area contributed by atoms with Gasteiger partial charge in [-0.3, -0.25) is 9.78 Å². The number of aromatic nitrogens is 1. The van der Waals surface area contributed by atoms with E-state index in [1.165, 1.54) is 13.2 Å². The van der Waals surface area contributed by atoms with Gasteiger partial charge in [0.2, 0.25) is 0 Å². The normalized spacial score (nSPS) is 10.9. The zero-order valence-corrected chi connectivity index (χ0v) is 13.5. The van der Waals surface area contributed by atoms with E-state index in [4.69, 9.17) is 9.47 Å². The third-order valence-electron chi connectivity index (χ3n) is 3.71. The van der Waals surface area contributed by atoms with Crippen molar-refractivity contribution in [1.82, 2.24) is 4.98 Å². The Hall–Kier alpha value is -3.14. The van der Waals surface area contributed by atoms with Gasteiger partial charge in [-0.05, 0) is 48.0 Å². The monoisotopic (exact) mass is 319 g/mol. The van der Waals surface area contributed by atoms with Gasteiger partial charge in [0.15, 0.2) is 5.78 Å². The summed E-state index contributed by atoms with van der Waals surface area (Å²) in [6.07, 6.45) is 5.01. The summed E-state index contributed by atoms with van der Waals surface area (Å²) < 4.78 is 10.4. The standard InChI is InChI=1S/C20H17NO3/c1-23-16-8-10-20(24-2)17(12-16)19(22)9-7-14-11-15-5-3-4-6-18(15)21-13-14/h3-13H,1-2H3. The number of carbonyl (C=O) groups is 1. The van der Waals surface area contributed by atoms with Gasteiger partial charge in [0.1, 0.15) is 11.5 Å². The summed E-state index contributed by atoms with van der Waals surface area (Å²) in [6, 6.07) is 15.0. The Labute approximate surface area is 140 Å². The molecule has 24 heavy (non-hydrogen) atoms. The van der Waals surface area contributed by atoms with E-state index in [-0.39, 0.29) is 5.78 Å². The van der Waals surface area contributed by atoms with Crippen LogP contribution in [0.4, 0.5) is 0 Å². The number of nitrogens with zero attached hydrogens (tertiary/aromatic N) is 1. The first-order chi connectivity index (χ1) is 11.7. The molecule has 4 nitrogen and oxygen atoms in total. The molecule has 120 valence electrons. The lowest BCUT2D eigenvalue weighted by molar-refractivity contribution is 0.104. The molecule has 0 radical (unpaired) electrons. The van der Waals surface area contributed by atoms with Gasteiger partial charge in [-0.1, -0.05) is 18.2 Å². The van der Waals surface area contributed by atoms with Gasteiger partial charge < -0.3 is 9.47 Å². The highest BCUT2D eigenvalue weighted by Crippen LogP contribution is 2.25. The van der Waals surface area contributed by atoms with Gasteiger partial charge in [0.05, 0.1) is 25.3 Å². The van der Waals surface area contributed by atoms with Crippen molar-refractivity contribution in [2.45, 2.75) is 0 Å². The van der Waals surface area contributed by atoms with Crippen molar-refractivity contribution in [2.24, 2.45) is 0 Å². The Morgan fingerprint density at radius 1 is 1.04 bits per heavy atom. The average molecular weight is 319 g/mol. The first-order valence-corrected chi connectivity index (χ1v) is 7.50. The van der Waals surface area contributed by atoms with Crippen molar-refractivity contribution in [3.8, 4) is 11.5 Å². The molecule has 4 heteroatoms. The lowest BCUT2D eigenvalue weighted by Gasteiger charge is -2.07. The SMILES string of the molecule is COc1ccc(OC)c(C(=O)C=Cc2cnc3ccccc3c2)c1. The summed E-state index contributed by atoms with van der Waals surface area (Å²) in [5, 5.41) is 1.03. The largest absolute Gasteiger partial charge is 0.497 e. The number of allylic oxidation sites excluding steroid dienone is 1. The van der Waals surface area contributed by atoms with Gasteiger partial charge in [0.25, 0.3) is 0 Å². The Bertz CT molecular complexity index is 916. The topological polar surface area (TPSA) is 48.4 Å². The van der Waals surface area contributed by atoms with Crippen LogP contribution in [0.15, 0.2) is 60.8 Å². The first-order valence-electron chi connectivity index (χ1n) is 7.50. The fourth-order valence-corrected chi connectivity index (χ4v) is 2.45. The summed E-state index contributed by atoms with van der Waals surface area (Å²) in [5.74, 6) is 0.973. The Kier molecular flexibility index (Phi) is 4.57. The van der Waals surface area contributed by atoms with Crippen LogP contribution in [-0.4, -0.2) is 25.0 Å². The van der Waals surface area contributed by atoms with Crippen LogP contribution >= 0.6 is 0 Å². The molecule has 3 aromatic rings. The third-order valence-corrected chi connectivity index (χ3v) is 3.71. The second-order valence-electron chi connectivity index (χ2n) is 5.23. The van der Waals surface area contributed by atoms with Gasteiger partial charge in [-0.25, -0.2) is 0 Å². The molecule has 0 atom stereocenters. The molecule has 1 aromatic heterocycles. The van der Waals surface area contributed by atoms with Crippen molar-refractivity contribution in [2.75, 3.05) is 14.2 Å². The van der Waals surface area contributed by atoms with E-state index in [0.717, 1.165) is 16.5 Å². The fourth-order valence-electron chi connectivity index (χ4n) is 2.45. The second kappa shape index (κ2) is 6.96. The number of pyridine rings is 1. The molecule has 0 amide bonds. The highest BCUT2D eigenvalue weighted by atomic mass is 16.5. The minimum Gasteiger partial charge on any atom is -0.497 e. The van der Waals surface area contributed by atoms with Crippen LogP contribution in [0.3, 0.4) is 0 Å². The maximum atomic E-state index is 12.5. The maximum absolute atomic E-state index is 12.5. The van der Waals surface area contributed by atoms with Crippen molar-refractivity contribution in [3.63, 3.8) is 0 Å². The lowest BCUT2D eigenvalue weighted by Crippen LogP contribution is -1.99. The fraction of sp³-hybridized carbons (Fsp3) is 0.100. The van der Waals surface area contributed by atoms with Gasteiger partial charge in [0, 0.05) is 11.6 Å². The molecule has 0 aliphatic rings. The van der Waals surface area contributed by atoms with Crippen molar-refractivity contribution in [3.05, 3.63) is 71.9 Å². The molecule has 0 saturated carbocycles. The van der Waals surface area contributed by atoms with Crippen molar-refractivity contribution >= 4 is 22.8 Å². The molecular formula is C20H17NO3. The minimum atomic E-state index is -0.154. The van der Waals surface area contributed by atoms with Crippen LogP contribution in [0.5, 0.6) is 11.5 Å². The molecule has 0 fully saturated rings. The van der Waals surface area contributed by atoms with E-state index >= 15 is 0 Å². The number of methoxy groups -OCH3 is 2. The van der Waals surface area contributed by atoms with E-state index < -0.39 is 0 Å². The molecular weight excluding hydrogens is 302 g/mol. The third kappa shape index (κ3) is 3.27. The van der Waals surface area contributed by atoms with E-state index in [0.29, 0.717) is 17.1 Å². The van der Waals surface area contributed by atoms with Crippen LogP contribution in [0.25, 0.3) is 17.0 Å². The maximum Gasteiger partial charge on any atom is 0.189 e. The molecule has 2 aromatic carbocycles. The van der Waals surface area contributed by atoms with Gasteiger partial charge in [-0.2, -0.15) is 0 Å². The average Bonchev–Trinajstić information content (AvgIpc) is 2.65. The number of ether oxygens (including phenoxy) is 2. The first kappa shape index (κ1) is 15.7. The molecule has 0 bridgehead atoms. The number of carbonyl (C=O) groups excluding carboxylic acids is 1. The molecule has 3 rings (SSSR count). The van der Waals surface area contributed by atoms with Crippen LogP contribution in [0.2, 0.25) is 0 Å². The summed E-state index contributed by atoms with van der Waals surface area (Å²) in [6.45, 7) is 0. The summed E-state index contributed by atoms with van der Waals surface area (Å²) >= 11 is 0. The van der Waals surface area contributed by atoms with Gasteiger partial charge >= 0.3 is 0 Å². The second-order valence-corrected chi connectivity index (χ2v) is 5.23. The number of fused-ring (bicyclic) bond motifs is 1. The number of hydrogen-bond donors (Lipinski definition) is 0. The highest BCUT2D eigenvalue weighted by molar-refractivity contribution is 6.09.